The van der Waals surface area contributed by atoms with E-state index in [0.29, 0.717) is 11.0 Å². The Morgan fingerprint density at radius 1 is 1.25 bits per heavy atom. The van der Waals surface area contributed by atoms with Crippen LogP contribution in [0.4, 0.5) is 11.5 Å². The van der Waals surface area contributed by atoms with Crippen molar-refractivity contribution in [3.8, 4) is 0 Å². The quantitative estimate of drug-likeness (QED) is 0.612. The fourth-order valence-electron chi connectivity index (χ4n) is 3.73. The van der Waals surface area contributed by atoms with Crippen molar-refractivity contribution in [1.82, 2.24) is 4.98 Å². The van der Waals surface area contributed by atoms with Crippen molar-refractivity contribution in [3.05, 3.63) is 27.9 Å². The van der Waals surface area contributed by atoms with E-state index in [4.69, 9.17) is 0 Å². The molecular formula is C15H21N3O2. The number of hydrogen-bond donors (Lipinski definition) is 0. The Labute approximate surface area is 119 Å². The van der Waals surface area contributed by atoms with Crippen molar-refractivity contribution >= 4 is 11.5 Å². The fraction of sp³-hybridized carbons (Fsp3) is 0.667. The molecule has 0 amide bonds. The molecule has 1 saturated heterocycles. The number of pyridine rings is 1. The van der Waals surface area contributed by atoms with Gasteiger partial charge in [-0.25, -0.2) is 4.98 Å². The van der Waals surface area contributed by atoms with Gasteiger partial charge in [0.25, 0.3) is 5.69 Å². The average Bonchev–Trinajstić information content (AvgIpc) is 2.87. The van der Waals surface area contributed by atoms with E-state index in [9.17, 15) is 10.1 Å². The number of aromatic nitrogens is 1. The number of aryl methyl sites for hydroxylation is 1. The number of anilines is 1. The van der Waals surface area contributed by atoms with Gasteiger partial charge in [-0.15, -0.1) is 0 Å². The van der Waals surface area contributed by atoms with E-state index in [1.807, 2.05) is 6.07 Å². The maximum absolute atomic E-state index is 10.8. The molecule has 1 aliphatic heterocycles. The van der Waals surface area contributed by atoms with E-state index < -0.39 is 0 Å². The van der Waals surface area contributed by atoms with Gasteiger partial charge in [0.05, 0.1) is 4.92 Å². The molecule has 108 valence electrons. The van der Waals surface area contributed by atoms with E-state index >= 15 is 0 Å². The minimum Gasteiger partial charge on any atom is -0.357 e. The number of rotatable bonds is 2. The first-order valence-corrected chi connectivity index (χ1v) is 7.46. The van der Waals surface area contributed by atoms with Gasteiger partial charge in [0.1, 0.15) is 12.0 Å². The van der Waals surface area contributed by atoms with Crippen molar-refractivity contribution in [2.75, 3.05) is 18.0 Å². The molecule has 1 aliphatic carbocycles. The Balaban J connectivity index is 1.72. The molecule has 1 aromatic rings. The molecule has 20 heavy (non-hydrogen) atoms. The highest BCUT2D eigenvalue weighted by Crippen LogP contribution is 2.46. The van der Waals surface area contributed by atoms with E-state index in [-0.39, 0.29) is 10.6 Å². The zero-order valence-electron chi connectivity index (χ0n) is 12.0. The SMILES string of the molecule is Cc1cc(N2CCC3(CCCC3)CC2)ncc1[N+](=O)[O-]. The van der Waals surface area contributed by atoms with E-state index in [2.05, 4.69) is 9.88 Å². The summed E-state index contributed by atoms with van der Waals surface area (Å²) < 4.78 is 0. The van der Waals surface area contributed by atoms with Gasteiger partial charge in [-0.2, -0.15) is 0 Å². The van der Waals surface area contributed by atoms with Crippen molar-refractivity contribution < 1.29 is 4.92 Å². The largest absolute Gasteiger partial charge is 0.357 e. The third-order valence-electron chi connectivity index (χ3n) is 5.08. The first-order valence-electron chi connectivity index (χ1n) is 7.46. The number of hydrogen-bond acceptors (Lipinski definition) is 4. The van der Waals surface area contributed by atoms with E-state index in [0.717, 1.165) is 18.9 Å². The second kappa shape index (κ2) is 5.04. The predicted octanol–water partition coefficient (Wildman–Crippen LogP) is 3.46. The lowest BCUT2D eigenvalue weighted by molar-refractivity contribution is -0.385. The molecule has 3 rings (SSSR count). The molecule has 0 aromatic carbocycles. The molecule has 0 unspecified atom stereocenters. The first kappa shape index (κ1) is 13.3. The van der Waals surface area contributed by atoms with Crippen LogP contribution in [0.5, 0.6) is 0 Å². The molecule has 0 N–H and O–H groups in total. The minimum atomic E-state index is -0.365. The lowest BCUT2D eigenvalue weighted by Crippen LogP contribution is -2.39. The molecule has 0 radical (unpaired) electrons. The van der Waals surface area contributed by atoms with E-state index in [1.54, 1.807) is 6.92 Å². The van der Waals surface area contributed by atoms with Crippen LogP contribution in [0.15, 0.2) is 12.3 Å². The van der Waals surface area contributed by atoms with Crippen LogP contribution < -0.4 is 4.90 Å². The van der Waals surface area contributed by atoms with Crippen LogP contribution in [0.2, 0.25) is 0 Å². The van der Waals surface area contributed by atoms with Crippen LogP contribution in [0.3, 0.4) is 0 Å². The summed E-state index contributed by atoms with van der Waals surface area (Å²) in [6.07, 6.45) is 9.41. The first-order chi connectivity index (χ1) is 9.60. The van der Waals surface area contributed by atoms with Crippen LogP contribution in [0, 0.1) is 22.5 Å². The molecule has 2 aliphatic rings. The van der Waals surface area contributed by atoms with Crippen molar-refractivity contribution in [3.63, 3.8) is 0 Å². The van der Waals surface area contributed by atoms with Gasteiger partial charge in [0.15, 0.2) is 0 Å². The topological polar surface area (TPSA) is 59.3 Å². The summed E-state index contributed by atoms with van der Waals surface area (Å²) >= 11 is 0. The Morgan fingerprint density at radius 3 is 2.45 bits per heavy atom. The number of nitro groups is 1. The Kier molecular flexibility index (Phi) is 3.36. The highest BCUT2D eigenvalue weighted by atomic mass is 16.6. The predicted molar refractivity (Wildman–Crippen MR) is 78.0 cm³/mol. The van der Waals surface area contributed by atoms with Gasteiger partial charge in [0, 0.05) is 18.7 Å². The molecular weight excluding hydrogens is 254 g/mol. The lowest BCUT2D eigenvalue weighted by Gasteiger charge is -2.40. The molecule has 2 fully saturated rings. The van der Waals surface area contributed by atoms with Crippen molar-refractivity contribution in [1.29, 1.82) is 0 Å². The lowest BCUT2D eigenvalue weighted by atomic mass is 9.77. The van der Waals surface area contributed by atoms with Crippen LogP contribution in [-0.4, -0.2) is 23.0 Å². The average molecular weight is 275 g/mol. The van der Waals surface area contributed by atoms with E-state index in [1.165, 1.54) is 44.7 Å². The molecule has 5 nitrogen and oxygen atoms in total. The van der Waals surface area contributed by atoms with Gasteiger partial charge < -0.3 is 4.90 Å². The maximum atomic E-state index is 10.8. The molecule has 1 spiro atoms. The molecule has 1 saturated carbocycles. The van der Waals surface area contributed by atoms with Gasteiger partial charge in [-0.1, -0.05) is 12.8 Å². The highest BCUT2D eigenvalue weighted by Gasteiger charge is 2.37. The molecule has 5 heteroatoms. The van der Waals surface area contributed by atoms with Crippen molar-refractivity contribution in [2.24, 2.45) is 5.41 Å². The molecule has 1 aromatic heterocycles. The van der Waals surface area contributed by atoms with Gasteiger partial charge >= 0.3 is 0 Å². The molecule has 2 heterocycles. The summed E-state index contributed by atoms with van der Waals surface area (Å²) in [4.78, 5) is 17.0. The summed E-state index contributed by atoms with van der Waals surface area (Å²) in [5.41, 5.74) is 1.39. The van der Waals surface area contributed by atoms with Gasteiger partial charge in [-0.3, -0.25) is 10.1 Å². The van der Waals surface area contributed by atoms with Gasteiger partial charge in [-0.05, 0) is 44.1 Å². The summed E-state index contributed by atoms with van der Waals surface area (Å²) in [6, 6.07) is 1.85. The number of nitrogens with zero attached hydrogens (tertiary/aromatic N) is 3. The Hall–Kier alpha value is -1.65. The third kappa shape index (κ3) is 2.37. The second-order valence-electron chi connectivity index (χ2n) is 6.28. The summed E-state index contributed by atoms with van der Waals surface area (Å²) in [6.45, 7) is 3.85. The zero-order valence-corrected chi connectivity index (χ0v) is 12.0. The molecule has 0 atom stereocenters. The van der Waals surface area contributed by atoms with Crippen LogP contribution in [0.1, 0.15) is 44.1 Å². The monoisotopic (exact) mass is 275 g/mol. The summed E-state index contributed by atoms with van der Waals surface area (Å²) in [5, 5.41) is 10.8. The Morgan fingerprint density at radius 2 is 1.90 bits per heavy atom. The summed E-state index contributed by atoms with van der Waals surface area (Å²) in [7, 11) is 0. The fourth-order valence-corrected chi connectivity index (χ4v) is 3.73. The Bertz CT molecular complexity index is 514. The smallest absolute Gasteiger partial charge is 0.290 e. The number of piperidine rings is 1. The normalized spacial score (nSPS) is 21.4. The third-order valence-corrected chi connectivity index (χ3v) is 5.08. The second-order valence-corrected chi connectivity index (χ2v) is 6.28. The minimum absolute atomic E-state index is 0.109. The van der Waals surface area contributed by atoms with Crippen molar-refractivity contribution in [2.45, 2.75) is 45.4 Å². The van der Waals surface area contributed by atoms with Crippen LogP contribution in [-0.2, 0) is 0 Å². The molecule has 0 bridgehead atoms. The highest BCUT2D eigenvalue weighted by molar-refractivity contribution is 5.48. The summed E-state index contributed by atoms with van der Waals surface area (Å²) in [5.74, 6) is 0.890. The standard InChI is InChI=1S/C15H21N3O2/c1-12-10-14(16-11-13(12)18(19)20)17-8-6-15(7-9-17)4-2-3-5-15/h10-11H,2-9H2,1H3. The van der Waals surface area contributed by atoms with Crippen LogP contribution >= 0.6 is 0 Å². The van der Waals surface area contributed by atoms with Gasteiger partial charge in [0.2, 0.25) is 0 Å². The van der Waals surface area contributed by atoms with Crippen LogP contribution in [0.25, 0.3) is 0 Å². The zero-order chi connectivity index (χ0) is 14.2. The maximum Gasteiger partial charge on any atom is 0.290 e.